The SMILES string of the molecule is COc1cc(C(C)=O)ccc1OCC(=O)NCCOc1cc(C)cc(C)c1. The average Bonchev–Trinajstić information content (AvgIpc) is 2.62. The maximum absolute atomic E-state index is 11.9. The largest absolute Gasteiger partial charge is 0.493 e. The van der Waals surface area contributed by atoms with Crippen LogP contribution in [0, 0.1) is 13.8 Å². The van der Waals surface area contributed by atoms with Crippen LogP contribution in [0.5, 0.6) is 17.2 Å². The van der Waals surface area contributed by atoms with Crippen molar-refractivity contribution in [3.63, 3.8) is 0 Å². The highest BCUT2D eigenvalue weighted by Gasteiger charge is 2.10. The van der Waals surface area contributed by atoms with Crippen molar-refractivity contribution in [2.24, 2.45) is 0 Å². The van der Waals surface area contributed by atoms with Gasteiger partial charge in [0.1, 0.15) is 12.4 Å². The van der Waals surface area contributed by atoms with Gasteiger partial charge in [-0.15, -0.1) is 0 Å². The molecule has 2 aromatic carbocycles. The van der Waals surface area contributed by atoms with Crippen molar-refractivity contribution in [1.82, 2.24) is 5.32 Å². The predicted molar refractivity (Wildman–Crippen MR) is 103 cm³/mol. The molecule has 27 heavy (non-hydrogen) atoms. The van der Waals surface area contributed by atoms with E-state index in [0.717, 1.165) is 16.9 Å². The normalized spacial score (nSPS) is 10.2. The molecule has 0 radical (unpaired) electrons. The van der Waals surface area contributed by atoms with Crippen LogP contribution in [0.1, 0.15) is 28.4 Å². The van der Waals surface area contributed by atoms with Gasteiger partial charge in [-0.2, -0.15) is 0 Å². The fourth-order valence-corrected chi connectivity index (χ4v) is 2.58. The molecule has 0 spiro atoms. The highest BCUT2D eigenvalue weighted by molar-refractivity contribution is 5.94. The van der Waals surface area contributed by atoms with Gasteiger partial charge < -0.3 is 19.5 Å². The van der Waals surface area contributed by atoms with Gasteiger partial charge in [0.15, 0.2) is 23.9 Å². The Balaban J connectivity index is 1.77. The number of benzene rings is 2. The molecule has 2 aromatic rings. The minimum Gasteiger partial charge on any atom is -0.493 e. The van der Waals surface area contributed by atoms with Crippen LogP contribution in [0.15, 0.2) is 36.4 Å². The Bertz CT molecular complexity index is 796. The molecule has 0 aromatic heterocycles. The van der Waals surface area contributed by atoms with Crippen LogP contribution in [0.4, 0.5) is 0 Å². The second-order valence-electron chi connectivity index (χ2n) is 6.23. The van der Waals surface area contributed by atoms with Crippen molar-refractivity contribution in [2.75, 3.05) is 26.9 Å². The number of nitrogens with one attached hydrogen (secondary N) is 1. The third-order valence-corrected chi connectivity index (χ3v) is 3.82. The average molecular weight is 371 g/mol. The summed E-state index contributed by atoms with van der Waals surface area (Å²) in [5.74, 6) is 1.27. The second kappa shape index (κ2) is 9.62. The zero-order valence-corrected chi connectivity index (χ0v) is 16.1. The molecule has 144 valence electrons. The molecular formula is C21H25NO5. The first-order valence-electron chi connectivity index (χ1n) is 8.68. The number of carbonyl (C=O) groups is 2. The topological polar surface area (TPSA) is 73.9 Å². The Morgan fingerprint density at radius 3 is 2.30 bits per heavy atom. The first-order valence-corrected chi connectivity index (χ1v) is 8.68. The van der Waals surface area contributed by atoms with E-state index < -0.39 is 0 Å². The van der Waals surface area contributed by atoms with Gasteiger partial charge in [-0.1, -0.05) is 6.07 Å². The lowest BCUT2D eigenvalue weighted by atomic mass is 10.1. The van der Waals surface area contributed by atoms with E-state index in [1.807, 2.05) is 26.0 Å². The smallest absolute Gasteiger partial charge is 0.258 e. The fourth-order valence-electron chi connectivity index (χ4n) is 2.58. The third-order valence-electron chi connectivity index (χ3n) is 3.82. The van der Waals surface area contributed by atoms with E-state index in [4.69, 9.17) is 14.2 Å². The summed E-state index contributed by atoms with van der Waals surface area (Å²) in [6, 6.07) is 10.8. The monoisotopic (exact) mass is 371 g/mol. The predicted octanol–water partition coefficient (Wildman–Crippen LogP) is 3.09. The molecule has 1 N–H and O–H groups in total. The fraction of sp³-hybridized carbons (Fsp3) is 0.333. The number of amides is 1. The molecule has 0 bridgehead atoms. The van der Waals surface area contributed by atoms with E-state index in [1.54, 1.807) is 18.2 Å². The van der Waals surface area contributed by atoms with Crippen LogP contribution in [0.25, 0.3) is 0 Å². The van der Waals surface area contributed by atoms with Crippen LogP contribution in [-0.4, -0.2) is 38.6 Å². The maximum Gasteiger partial charge on any atom is 0.258 e. The lowest BCUT2D eigenvalue weighted by Gasteiger charge is -2.12. The summed E-state index contributed by atoms with van der Waals surface area (Å²) in [5, 5.41) is 2.74. The van der Waals surface area contributed by atoms with E-state index in [1.165, 1.54) is 14.0 Å². The quantitative estimate of drug-likeness (QED) is 0.542. The molecule has 2 rings (SSSR count). The minimum absolute atomic E-state index is 0.0682. The number of Topliss-reactive ketones (excluding diaryl/α,β-unsaturated/α-hetero) is 1. The first kappa shape index (κ1) is 20.3. The summed E-state index contributed by atoms with van der Waals surface area (Å²) >= 11 is 0. The number of carbonyl (C=O) groups excluding carboxylic acids is 2. The molecular weight excluding hydrogens is 346 g/mol. The van der Waals surface area contributed by atoms with Crippen LogP contribution < -0.4 is 19.5 Å². The summed E-state index contributed by atoms with van der Waals surface area (Å²) in [6.45, 7) is 6.08. The first-order chi connectivity index (χ1) is 12.9. The summed E-state index contributed by atoms with van der Waals surface area (Å²) in [7, 11) is 1.48. The highest BCUT2D eigenvalue weighted by atomic mass is 16.5. The Morgan fingerprint density at radius 1 is 0.963 bits per heavy atom. The summed E-state index contributed by atoms with van der Waals surface area (Å²) in [5.41, 5.74) is 2.78. The molecule has 0 heterocycles. The maximum atomic E-state index is 11.9. The molecule has 0 fully saturated rings. The molecule has 1 amide bonds. The summed E-state index contributed by atoms with van der Waals surface area (Å²) in [4.78, 5) is 23.3. The number of ketones is 1. The molecule has 0 aliphatic heterocycles. The number of methoxy groups -OCH3 is 1. The van der Waals surface area contributed by atoms with E-state index in [2.05, 4.69) is 11.4 Å². The summed E-state index contributed by atoms with van der Waals surface area (Å²) < 4.78 is 16.3. The van der Waals surface area contributed by atoms with Crippen molar-refractivity contribution in [3.8, 4) is 17.2 Å². The van der Waals surface area contributed by atoms with Gasteiger partial charge >= 0.3 is 0 Å². The number of hydrogen-bond acceptors (Lipinski definition) is 5. The van der Waals surface area contributed by atoms with Crippen LogP contribution in [0.2, 0.25) is 0 Å². The van der Waals surface area contributed by atoms with Crippen molar-refractivity contribution in [3.05, 3.63) is 53.1 Å². The summed E-state index contributed by atoms with van der Waals surface area (Å²) in [6.07, 6.45) is 0. The lowest BCUT2D eigenvalue weighted by Crippen LogP contribution is -2.32. The van der Waals surface area contributed by atoms with Crippen molar-refractivity contribution in [2.45, 2.75) is 20.8 Å². The molecule has 0 atom stereocenters. The highest BCUT2D eigenvalue weighted by Crippen LogP contribution is 2.28. The van der Waals surface area contributed by atoms with Gasteiger partial charge in [0.2, 0.25) is 0 Å². The van der Waals surface area contributed by atoms with E-state index in [9.17, 15) is 9.59 Å². The van der Waals surface area contributed by atoms with Crippen molar-refractivity contribution < 1.29 is 23.8 Å². The standard InChI is InChI=1S/C21H25NO5/c1-14-9-15(2)11-18(10-14)26-8-7-22-21(24)13-27-19-6-5-17(16(3)23)12-20(19)25-4/h5-6,9-12H,7-8,13H2,1-4H3,(H,22,24). The van der Waals surface area contributed by atoms with Gasteiger partial charge in [-0.3, -0.25) is 9.59 Å². The number of rotatable bonds is 9. The molecule has 0 unspecified atom stereocenters. The van der Waals surface area contributed by atoms with E-state index in [-0.39, 0.29) is 18.3 Å². The number of ether oxygens (including phenoxy) is 3. The number of aryl methyl sites for hydroxylation is 2. The Labute approximate surface area is 159 Å². The van der Waals surface area contributed by atoms with Gasteiger partial charge in [-0.25, -0.2) is 0 Å². The lowest BCUT2D eigenvalue weighted by molar-refractivity contribution is -0.123. The van der Waals surface area contributed by atoms with Gasteiger partial charge in [0, 0.05) is 5.56 Å². The third kappa shape index (κ3) is 6.33. The van der Waals surface area contributed by atoms with E-state index >= 15 is 0 Å². The van der Waals surface area contributed by atoms with Gasteiger partial charge in [0.25, 0.3) is 5.91 Å². The second-order valence-corrected chi connectivity index (χ2v) is 6.23. The molecule has 0 saturated heterocycles. The van der Waals surface area contributed by atoms with Crippen molar-refractivity contribution >= 4 is 11.7 Å². The molecule has 0 aliphatic carbocycles. The number of hydrogen-bond donors (Lipinski definition) is 1. The zero-order chi connectivity index (χ0) is 19.8. The minimum atomic E-state index is -0.267. The van der Waals surface area contributed by atoms with Gasteiger partial charge in [-0.05, 0) is 62.2 Å². The Hall–Kier alpha value is -3.02. The van der Waals surface area contributed by atoms with Crippen LogP contribution >= 0.6 is 0 Å². The zero-order valence-electron chi connectivity index (χ0n) is 16.1. The van der Waals surface area contributed by atoms with Gasteiger partial charge in [0.05, 0.1) is 13.7 Å². The van der Waals surface area contributed by atoms with Crippen molar-refractivity contribution in [1.29, 1.82) is 0 Å². The van der Waals surface area contributed by atoms with Crippen LogP contribution in [-0.2, 0) is 4.79 Å². The molecule has 0 saturated carbocycles. The van der Waals surface area contributed by atoms with E-state index in [0.29, 0.717) is 30.2 Å². The Morgan fingerprint density at radius 2 is 1.67 bits per heavy atom. The molecule has 0 aliphatic rings. The van der Waals surface area contributed by atoms with Crippen LogP contribution in [0.3, 0.4) is 0 Å². The molecule has 6 heteroatoms. The molecule has 6 nitrogen and oxygen atoms in total. The Kier molecular flexibility index (Phi) is 7.23.